The van der Waals surface area contributed by atoms with E-state index in [0.717, 1.165) is 19.3 Å². The minimum Gasteiger partial charge on any atom is -0.335 e. The molecule has 3 rings (SSSR count). The minimum absolute atomic E-state index is 0.00477. The maximum absolute atomic E-state index is 12.8. The second kappa shape index (κ2) is 10.1. The maximum atomic E-state index is 12.8. The van der Waals surface area contributed by atoms with E-state index in [-0.39, 0.29) is 11.8 Å². The first kappa shape index (κ1) is 20.9. The van der Waals surface area contributed by atoms with E-state index in [1.54, 1.807) is 29.2 Å². The lowest BCUT2D eigenvalue weighted by Crippen LogP contribution is -2.46. The molecule has 1 heterocycles. The van der Waals surface area contributed by atoms with Crippen LogP contribution in [0.25, 0.3) is 0 Å². The Morgan fingerprint density at radius 2 is 2.00 bits per heavy atom. The first-order valence-electron chi connectivity index (χ1n) is 9.87. The van der Waals surface area contributed by atoms with Crippen LogP contribution in [0.5, 0.6) is 0 Å². The van der Waals surface area contributed by atoms with Gasteiger partial charge in [-0.2, -0.15) is 5.26 Å². The number of benzene rings is 2. The predicted molar refractivity (Wildman–Crippen MR) is 112 cm³/mol. The van der Waals surface area contributed by atoms with Crippen LogP contribution in [0.1, 0.15) is 42.9 Å². The third-order valence-corrected chi connectivity index (χ3v) is 5.41. The number of nitrogens with one attached hydrogen (secondary N) is 1. The SMILES string of the molecule is N#CC(NC(=O)[C@@H]1CCCN1C(=O)CCCc1ccccc1)c1cccc(Cl)c1. The first-order valence-corrected chi connectivity index (χ1v) is 10.2. The Balaban J connectivity index is 1.56. The topological polar surface area (TPSA) is 73.2 Å². The standard InChI is InChI=1S/C23H24ClN3O2/c24-19-11-5-10-18(15-19)20(16-25)26-23(29)21-12-6-14-27(21)22(28)13-4-9-17-7-2-1-3-8-17/h1-3,5,7-8,10-11,15,20-21H,4,6,9,12-14H2,(H,26,29)/t20?,21-/m0/s1. The van der Waals surface area contributed by atoms with Gasteiger partial charge >= 0.3 is 0 Å². The minimum atomic E-state index is -0.795. The van der Waals surface area contributed by atoms with E-state index in [2.05, 4.69) is 23.5 Å². The van der Waals surface area contributed by atoms with Crippen LogP contribution in [0.3, 0.4) is 0 Å². The number of carbonyl (C=O) groups is 2. The summed E-state index contributed by atoms with van der Waals surface area (Å²) in [6.07, 6.45) is 3.40. The number of likely N-dealkylation sites (tertiary alicyclic amines) is 1. The Morgan fingerprint density at radius 3 is 2.72 bits per heavy atom. The van der Waals surface area contributed by atoms with Crippen LogP contribution in [0.4, 0.5) is 0 Å². The molecule has 1 fully saturated rings. The van der Waals surface area contributed by atoms with Gasteiger partial charge in [0.05, 0.1) is 6.07 Å². The number of aryl methyl sites for hydroxylation is 1. The van der Waals surface area contributed by atoms with Gasteiger partial charge in [0.1, 0.15) is 12.1 Å². The Labute approximate surface area is 176 Å². The van der Waals surface area contributed by atoms with Crippen molar-refractivity contribution in [3.63, 3.8) is 0 Å². The van der Waals surface area contributed by atoms with Gasteiger partial charge in [0, 0.05) is 18.0 Å². The summed E-state index contributed by atoms with van der Waals surface area (Å²) in [6.45, 7) is 0.580. The first-order chi connectivity index (χ1) is 14.1. The molecule has 1 aliphatic rings. The van der Waals surface area contributed by atoms with E-state index in [0.29, 0.717) is 30.0 Å². The van der Waals surface area contributed by atoms with Crippen LogP contribution in [-0.4, -0.2) is 29.3 Å². The highest BCUT2D eigenvalue weighted by atomic mass is 35.5. The molecule has 5 nitrogen and oxygen atoms in total. The van der Waals surface area contributed by atoms with E-state index in [4.69, 9.17) is 11.6 Å². The summed E-state index contributed by atoms with van der Waals surface area (Å²) < 4.78 is 0. The van der Waals surface area contributed by atoms with Gasteiger partial charge in [0.2, 0.25) is 11.8 Å². The van der Waals surface area contributed by atoms with Crippen molar-refractivity contribution >= 4 is 23.4 Å². The van der Waals surface area contributed by atoms with Crippen molar-refractivity contribution in [2.75, 3.05) is 6.54 Å². The third-order valence-electron chi connectivity index (χ3n) is 5.17. The summed E-state index contributed by atoms with van der Waals surface area (Å²) in [4.78, 5) is 27.1. The molecule has 1 aliphatic heterocycles. The molecule has 6 heteroatoms. The van der Waals surface area contributed by atoms with E-state index in [1.807, 2.05) is 18.2 Å². The summed E-state index contributed by atoms with van der Waals surface area (Å²) in [5, 5.41) is 12.7. The van der Waals surface area contributed by atoms with Gasteiger partial charge in [-0.25, -0.2) is 0 Å². The van der Waals surface area contributed by atoms with Gasteiger partial charge in [-0.3, -0.25) is 9.59 Å². The Bertz CT molecular complexity index is 894. The van der Waals surface area contributed by atoms with Crippen molar-refractivity contribution in [2.45, 2.75) is 44.2 Å². The molecular weight excluding hydrogens is 386 g/mol. The molecule has 0 aliphatic carbocycles. The number of rotatable bonds is 7. The van der Waals surface area contributed by atoms with Gasteiger partial charge in [-0.05, 0) is 48.9 Å². The molecule has 2 atom stereocenters. The van der Waals surface area contributed by atoms with Gasteiger partial charge < -0.3 is 10.2 Å². The second-order valence-corrected chi connectivity index (χ2v) is 7.65. The van der Waals surface area contributed by atoms with Crippen molar-refractivity contribution in [3.05, 3.63) is 70.7 Å². The highest BCUT2D eigenvalue weighted by Gasteiger charge is 2.34. The molecule has 0 bridgehead atoms. The van der Waals surface area contributed by atoms with Crippen molar-refractivity contribution < 1.29 is 9.59 Å². The zero-order valence-corrected chi connectivity index (χ0v) is 16.9. The van der Waals surface area contributed by atoms with E-state index >= 15 is 0 Å². The molecule has 1 saturated heterocycles. The molecule has 2 aromatic rings. The highest BCUT2D eigenvalue weighted by Crippen LogP contribution is 2.22. The summed E-state index contributed by atoms with van der Waals surface area (Å²) in [5.74, 6) is -0.291. The van der Waals surface area contributed by atoms with Crippen LogP contribution < -0.4 is 5.32 Å². The number of halogens is 1. The van der Waals surface area contributed by atoms with Gasteiger partial charge in [0.25, 0.3) is 0 Å². The van der Waals surface area contributed by atoms with E-state index < -0.39 is 12.1 Å². The zero-order valence-electron chi connectivity index (χ0n) is 16.2. The summed E-state index contributed by atoms with van der Waals surface area (Å²) in [5.41, 5.74) is 1.83. The van der Waals surface area contributed by atoms with Gasteiger partial charge in [-0.1, -0.05) is 54.1 Å². The quantitative estimate of drug-likeness (QED) is 0.750. The monoisotopic (exact) mass is 409 g/mol. The number of nitriles is 1. The predicted octanol–water partition coefficient (Wildman–Crippen LogP) is 4.03. The Hall–Kier alpha value is -2.84. The fraction of sp³-hybridized carbons (Fsp3) is 0.348. The average molecular weight is 410 g/mol. The molecule has 2 aromatic carbocycles. The lowest BCUT2D eigenvalue weighted by molar-refractivity contribution is -0.138. The average Bonchev–Trinajstić information content (AvgIpc) is 3.23. The van der Waals surface area contributed by atoms with Crippen LogP contribution >= 0.6 is 11.6 Å². The molecule has 1 unspecified atom stereocenters. The molecule has 0 aromatic heterocycles. The molecule has 29 heavy (non-hydrogen) atoms. The number of amides is 2. The van der Waals surface area contributed by atoms with Crippen LogP contribution in [0.2, 0.25) is 5.02 Å². The molecule has 0 spiro atoms. The van der Waals surface area contributed by atoms with Gasteiger partial charge in [0.15, 0.2) is 0 Å². The molecule has 0 radical (unpaired) electrons. The van der Waals surface area contributed by atoms with Gasteiger partial charge in [-0.15, -0.1) is 0 Å². The lowest BCUT2D eigenvalue weighted by Gasteiger charge is -2.25. The third kappa shape index (κ3) is 5.58. The largest absolute Gasteiger partial charge is 0.335 e. The second-order valence-electron chi connectivity index (χ2n) is 7.21. The van der Waals surface area contributed by atoms with Crippen molar-refractivity contribution in [2.24, 2.45) is 0 Å². The molecule has 150 valence electrons. The molecule has 0 saturated carbocycles. The Kier molecular flexibility index (Phi) is 7.26. The summed E-state index contributed by atoms with van der Waals surface area (Å²) in [6, 6.07) is 17.7. The van der Waals surface area contributed by atoms with Crippen molar-refractivity contribution in [1.29, 1.82) is 5.26 Å². The number of carbonyl (C=O) groups excluding carboxylic acids is 2. The van der Waals surface area contributed by atoms with E-state index in [9.17, 15) is 14.9 Å². The lowest BCUT2D eigenvalue weighted by atomic mass is 10.1. The summed E-state index contributed by atoms with van der Waals surface area (Å²) >= 11 is 5.99. The number of hydrogen-bond donors (Lipinski definition) is 1. The number of hydrogen-bond acceptors (Lipinski definition) is 3. The fourth-order valence-corrected chi connectivity index (χ4v) is 3.88. The van der Waals surface area contributed by atoms with Crippen LogP contribution in [0.15, 0.2) is 54.6 Å². The highest BCUT2D eigenvalue weighted by molar-refractivity contribution is 6.30. The number of nitrogens with zero attached hydrogens (tertiary/aromatic N) is 2. The van der Waals surface area contributed by atoms with Crippen LogP contribution in [-0.2, 0) is 16.0 Å². The normalized spacial score (nSPS) is 16.8. The molecular formula is C23H24ClN3O2. The maximum Gasteiger partial charge on any atom is 0.244 e. The van der Waals surface area contributed by atoms with E-state index in [1.165, 1.54) is 5.56 Å². The fourth-order valence-electron chi connectivity index (χ4n) is 3.68. The Morgan fingerprint density at radius 1 is 1.21 bits per heavy atom. The van der Waals surface area contributed by atoms with Crippen LogP contribution in [0, 0.1) is 11.3 Å². The molecule has 1 N–H and O–H groups in total. The van der Waals surface area contributed by atoms with Crippen molar-refractivity contribution in [3.8, 4) is 6.07 Å². The zero-order chi connectivity index (χ0) is 20.6. The molecule has 2 amide bonds. The van der Waals surface area contributed by atoms with Crippen molar-refractivity contribution in [1.82, 2.24) is 10.2 Å². The summed E-state index contributed by atoms with van der Waals surface area (Å²) in [7, 11) is 0. The smallest absolute Gasteiger partial charge is 0.244 e.